The van der Waals surface area contributed by atoms with Gasteiger partial charge in [0.15, 0.2) is 11.3 Å². The summed E-state index contributed by atoms with van der Waals surface area (Å²) in [5.74, 6) is 0.445. The van der Waals surface area contributed by atoms with Gasteiger partial charge in [-0.1, -0.05) is 60.1 Å². The quantitative estimate of drug-likeness (QED) is 0.211. The molecule has 3 aromatic heterocycles. The second kappa shape index (κ2) is 10.9. The molecule has 0 fully saturated rings. The van der Waals surface area contributed by atoms with Crippen molar-refractivity contribution in [2.75, 3.05) is 10.6 Å². The van der Waals surface area contributed by atoms with Crippen LogP contribution in [0, 0.1) is 6.92 Å². The summed E-state index contributed by atoms with van der Waals surface area (Å²) in [6.45, 7) is 2.29. The van der Waals surface area contributed by atoms with E-state index in [2.05, 4.69) is 41.9 Å². The summed E-state index contributed by atoms with van der Waals surface area (Å²) in [5, 5.41) is 20.2. The molecular formula is C29H22BrClN8O. The fraction of sp³-hybridized carbons (Fsp3) is 0.0690. The lowest BCUT2D eigenvalue weighted by molar-refractivity contribution is 0.102. The molecule has 0 aliphatic rings. The number of nitrogens with one attached hydrogen (secondary N) is 2. The van der Waals surface area contributed by atoms with Gasteiger partial charge >= 0.3 is 0 Å². The number of fused-ring (bicyclic) bond motifs is 1. The number of para-hydroxylation sites is 1. The van der Waals surface area contributed by atoms with Crippen LogP contribution in [0.1, 0.15) is 21.7 Å². The third kappa shape index (κ3) is 5.18. The van der Waals surface area contributed by atoms with Crippen LogP contribution in [0.4, 0.5) is 11.5 Å². The van der Waals surface area contributed by atoms with E-state index in [1.165, 1.54) is 4.80 Å². The first-order valence-corrected chi connectivity index (χ1v) is 13.6. The van der Waals surface area contributed by atoms with Gasteiger partial charge in [0, 0.05) is 28.9 Å². The molecule has 0 saturated heterocycles. The Balaban J connectivity index is 1.17. The second-order valence-corrected chi connectivity index (χ2v) is 10.3. The van der Waals surface area contributed by atoms with E-state index in [0.717, 1.165) is 32.8 Å². The van der Waals surface area contributed by atoms with Crippen LogP contribution >= 0.6 is 27.5 Å². The predicted octanol–water partition coefficient (Wildman–Crippen LogP) is 6.57. The Kier molecular flexibility index (Phi) is 7.02. The molecule has 1 amide bonds. The number of anilines is 2. The number of hydrogen-bond donors (Lipinski definition) is 2. The van der Waals surface area contributed by atoms with Crippen LogP contribution in [0.3, 0.4) is 0 Å². The molecule has 0 aliphatic carbocycles. The Bertz CT molecular complexity index is 1830. The van der Waals surface area contributed by atoms with Gasteiger partial charge in [0.05, 0.1) is 27.7 Å². The van der Waals surface area contributed by atoms with Gasteiger partial charge in [-0.25, -0.2) is 4.98 Å². The summed E-state index contributed by atoms with van der Waals surface area (Å²) >= 11 is 9.98. The number of amides is 1. The highest BCUT2D eigenvalue weighted by Gasteiger charge is 2.17. The molecule has 9 nitrogen and oxygen atoms in total. The monoisotopic (exact) mass is 612 g/mol. The van der Waals surface area contributed by atoms with E-state index in [1.54, 1.807) is 17.6 Å². The Hall–Kier alpha value is -4.54. The topological polar surface area (TPSA) is 102 Å². The molecule has 198 valence electrons. The van der Waals surface area contributed by atoms with Gasteiger partial charge in [0.1, 0.15) is 5.82 Å². The predicted molar refractivity (Wildman–Crippen MR) is 159 cm³/mol. The molecule has 11 heteroatoms. The van der Waals surface area contributed by atoms with Crippen LogP contribution in [-0.2, 0) is 6.54 Å². The van der Waals surface area contributed by atoms with E-state index >= 15 is 0 Å². The SMILES string of the molecule is Cc1nn(-c2ccccc2)nc1C(=O)Nc1ccc(CNc2cc(-c3ccccc3Cl)nc3c(Br)cnn23)cc1. The minimum absolute atomic E-state index is 0.274. The summed E-state index contributed by atoms with van der Waals surface area (Å²) in [5.41, 5.74) is 5.53. The highest BCUT2D eigenvalue weighted by molar-refractivity contribution is 9.10. The summed E-state index contributed by atoms with van der Waals surface area (Å²) in [6, 6.07) is 26.6. The zero-order valence-electron chi connectivity index (χ0n) is 21.2. The fourth-order valence-electron chi connectivity index (χ4n) is 4.22. The maximum atomic E-state index is 12.9. The van der Waals surface area contributed by atoms with Crippen molar-refractivity contribution in [3.05, 3.63) is 118 Å². The molecule has 0 spiro atoms. The number of benzene rings is 3. The Morgan fingerprint density at radius 3 is 2.50 bits per heavy atom. The largest absolute Gasteiger partial charge is 0.366 e. The van der Waals surface area contributed by atoms with E-state index in [0.29, 0.717) is 28.6 Å². The number of carbonyl (C=O) groups excluding carboxylic acids is 1. The summed E-state index contributed by atoms with van der Waals surface area (Å²) in [6.07, 6.45) is 1.71. The lowest BCUT2D eigenvalue weighted by Gasteiger charge is -2.12. The standard InChI is InChI=1S/C29H22BrClN8O/c1-18-27(37-39(36-18)21-7-3-2-4-8-21)29(40)34-20-13-11-19(12-14-20)16-32-26-15-25(22-9-5-6-10-24(22)31)35-28-23(30)17-33-38(26)28/h2-15,17,32H,16H2,1H3,(H,34,40). The van der Waals surface area contributed by atoms with Crippen molar-refractivity contribution in [1.29, 1.82) is 0 Å². The minimum Gasteiger partial charge on any atom is -0.366 e. The first-order chi connectivity index (χ1) is 19.5. The first kappa shape index (κ1) is 25.7. The highest BCUT2D eigenvalue weighted by atomic mass is 79.9. The Labute approximate surface area is 243 Å². The normalized spacial score (nSPS) is 11.1. The number of halogens is 2. The summed E-state index contributed by atoms with van der Waals surface area (Å²) in [4.78, 5) is 19.1. The molecule has 3 heterocycles. The molecular weight excluding hydrogens is 592 g/mol. The van der Waals surface area contributed by atoms with Crippen LogP contribution in [-0.4, -0.2) is 35.5 Å². The van der Waals surface area contributed by atoms with E-state index < -0.39 is 0 Å². The van der Waals surface area contributed by atoms with Gasteiger partial charge < -0.3 is 10.6 Å². The van der Waals surface area contributed by atoms with Crippen molar-refractivity contribution in [2.45, 2.75) is 13.5 Å². The Morgan fingerprint density at radius 1 is 0.975 bits per heavy atom. The van der Waals surface area contributed by atoms with Crippen LogP contribution in [0.2, 0.25) is 5.02 Å². The number of nitrogens with zero attached hydrogens (tertiary/aromatic N) is 6. The maximum Gasteiger partial charge on any atom is 0.278 e. The first-order valence-electron chi connectivity index (χ1n) is 12.4. The molecule has 0 radical (unpaired) electrons. The van der Waals surface area contributed by atoms with Crippen molar-refractivity contribution in [3.8, 4) is 16.9 Å². The van der Waals surface area contributed by atoms with Gasteiger partial charge in [-0.2, -0.15) is 19.5 Å². The number of aryl methyl sites for hydroxylation is 1. The van der Waals surface area contributed by atoms with Crippen LogP contribution in [0.25, 0.3) is 22.6 Å². The van der Waals surface area contributed by atoms with Gasteiger partial charge in [-0.15, -0.1) is 5.10 Å². The highest BCUT2D eigenvalue weighted by Crippen LogP contribution is 2.30. The van der Waals surface area contributed by atoms with Crippen LogP contribution in [0.5, 0.6) is 0 Å². The van der Waals surface area contributed by atoms with Crippen molar-refractivity contribution >= 4 is 50.6 Å². The van der Waals surface area contributed by atoms with E-state index in [9.17, 15) is 4.79 Å². The fourth-order valence-corrected chi connectivity index (χ4v) is 4.80. The minimum atomic E-state index is -0.318. The zero-order valence-corrected chi connectivity index (χ0v) is 23.6. The van der Waals surface area contributed by atoms with Gasteiger partial charge in [-0.05, 0) is 58.7 Å². The third-order valence-electron chi connectivity index (χ3n) is 6.25. The summed E-state index contributed by atoms with van der Waals surface area (Å²) in [7, 11) is 0. The third-order valence-corrected chi connectivity index (χ3v) is 7.14. The average molecular weight is 614 g/mol. The van der Waals surface area contributed by atoms with Gasteiger partial charge in [0.2, 0.25) is 0 Å². The van der Waals surface area contributed by atoms with Crippen molar-refractivity contribution in [1.82, 2.24) is 29.6 Å². The van der Waals surface area contributed by atoms with E-state index in [-0.39, 0.29) is 11.6 Å². The zero-order chi connectivity index (χ0) is 27.6. The molecule has 0 saturated carbocycles. The lowest BCUT2D eigenvalue weighted by Crippen LogP contribution is -2.14. The smallest absolute Gasteiger partial charge is 0.278 e. The molecule has 6 aromatic rings. The molecule has 0 atom stereocenters. The number of hydrogen-bond acceptors (Lipinski definition) is 6. The molecule has 2 N–H and O–H groups in total. The molecule has 6 rings (SSSR count). The van der Waals surface area contributed by atoms with Crippen molar-refractivity contribution in [2.24, 2.45) is 0 Å². The number of aromatic nitrogens is 6. The molecule has 0 aliphatic heterocycles. The number of carbonyl (C=O) groups is 1. The summed E-state index contributed by atoms with van der Waals surface area (Å²) < 4.78 is 2.52. The van der Waals surface area contributed by atoms with Crippen LogP contribution < -0.4 is 10.6 Å². The van der Waals surface area contributed by atoms with Crippen molar-refractivity contribution < 1.29 is 4.79 Å². The molecule has 3 aromatic carbocycles. The second-order valence-electron chi connectivity index (χ2n) is 9.00. The van der Waals surface area contributed by atoms with Crippen LogP contribution in [0.15, 0.2) is 95.6 Å². The molecule has 0 bridgehead atoms. The van der Waals surface area contributed by atoms with Crippen molar-refractivity contribution in [3.63, 3.8) is 0 Å². The van der Waals surface area contributed by atoms with E-state index in [4.69, 9.17) is 16.6 Å². The molecule has 40 heavy (non-hydrogen) atoms. The average Bonchev–Trinajstić information content (AvgIpc) is 3.56. The van der Waals surface area contributed by atoms with Gasteiger partial charge in [0.25, 0.3) is 5.91 Å². The molecule has 0 unspecified atom stereocenters. The number of rotatable bonds is 7. The van der Waals surface area contributed by atoms with Gasteiger partial charge in [-0.3, -0.25) is 4.79 Å². The maximum absolute atomic E-state index is 12.9. The Morgan fingerprint density at radius 2 is 1.73 bits per heavy atom. The van der Waals surface area contributed by atoms with E-state index in [1.807, 2.05) is 84.9 Å². The lowest BCUT2D eigenvalue weighted by atomic mass is 10.1.